The van der Waals surface area contributed by atoms with E-state index in [0.29, 0.717) is 5.65 Å². The van der Waals surface area contributed by atoms with Crippen LogP contribution < -0.4 is 0 Å². The number of benzene rings is 2. The van der Waals surface area contributed by atoms with Crippen molar-refractivity contribution >= 4 is 33.5 Å². The highest BCUT2D eigenvalue weighted by atomic mass is 35.5. The van der Waals surface area contributed by atoms with Gasteiger partial charge in [0.05, 0.1) is 18.1 Å². The number of fused-ring (bicyclic) bond motifs is 2. The zero-order chi connectivity index (χ0) is 13.5. The van der Waals surface area contributed by atoms with Crippen molar-refractivity contribution < 1.29 is 0 Å². The Labute approximate surface area is 119 Å². The number of aromatic amines is 1. The summed E-state index contributed by atoms with van der Waals surface area (Å²) in [5.41, 5.74) is 3.26. The largest absolute Gasteiger partial charge is 0.259 e. The van der Waals surface area contributed by atoms with E-state index in [1.807, 2.05) is 36.4 Å². The van der Waals surface area contributed by atoms with Crippen LogP contribution in [-0.2, 0) is 0 Å². The van der Waals surface area contributed by atoms with Crippen LogP contribution in [0.1, 0.15) is 0 Å². The summed E-state index contributed by atoms with van der Waals surface area (Å²) < 4.78 is 0. The quantitative estimate of drug-likeness (QED) is 0.576. The number of H-pyrrole nitrogens is 1. The molecule has 0 saturated heterocycles. The van der Waals surface area contributed by atoms with E-state index < -0.39 is 0 Å². The molecule has 20 heavy (non-hydrogen) atoms. The Kier molecular flexibility index (Phi) is 2.44. The van der Waals surface area contributed by atoms with E-state index in [0.717, 1.165) is 32.6 Å². The number of rotatable bonds is 1. The molecule has 2 aromatic heterocycles. The molecule has 0 aliphatic heterocycles. The average Bonchev–Trinajstić information content (AvgIpc) is 2.95. The molecule has 96 valence electrons. The van der Waals surface area contributed by atoms with Gasteiger partial charge in [0.1, 0.15) is 5.52 Å². The van der Waals surface area contributed by atoms with Crippen LogP contribution in [0.15, 0.2) is 48.8 Å². The van der Waals surface area contributed by atoms with Gasteiger partial charge in [0.25, 0.3) is 0 Å². The minimum atomic E-state index is 0.687. The number of nitrogens with one attached hydrogen (secondary N) is 1. The Morgan fingerprint density at radius 3 is 2.70 bits per heavy atom. The van der Waals surface area contributed by atoms with E-state index in [1.54, 1.807) is 12.4 Å². The molecule has 4 nitrogen and oxygen atoms in total. The van der Waals surface area contributed by atoms with Crippen molar-refractivity contribution in [1.29, 1.82) is 0 Å². The van der Waals surface area contributed by atoms with Gasteiger partial charge in [0.2, 0.25) is 0 Å². The van der Waals surface area contributed by atoms with Crippen molar-refractivity contribution in [3.05, 3.63) is 53.8 Å². The molecule has 0 amide bonds. The maximum absolute atomic E-state index is 6.24. The second kappa shape index (κ2) is 4.28. The molecule has 1 N–H and O–H groups in total. The molecule has 0 saturated carbocycles. The lowest BCUT2D eigenvalue weighted by atomic mass is 10.0. The number of halogens is 1. The van der Waals surface area contributed by atoms with Crippen molar-refractivity contribution in [3.63, 3.8) is 0 Å². The van der Waals surface area contributed by atoms with Gasteiger partial charge < -0.3 is 0 Å². The van der Waals surface area contributed by atoms with Crippen molar-refractivity contribution in [1.82, 2.24) is 20.2 Å². The fourth-order valence-electron chi connectivity index (χ4n) is 2.35. The standard InChI is InChI=1S/C15H9ClN4/c16-12-6-5-11(9-3-1-2-4-10(9)12)13-7-17-15-14(19-13)8-18-20-15/h1-8H,(H,17,18,20). The maximum Gasteiger partial charge on any atom is 0.174 e. The molecular weight excluding hydrogens is 272 g/mol. The molecule has 0 unspecified atom stereocenters. The SMILES string of the molecule is Clc1ccc(-c2cnc3[nH]ncc3n2)c2ccccc12. The van der Waals surface area contributed by atoms with Crippen LogP contribution in [0.3, 0.4) is 0 Å². The van der Waals surface area contributed by atoms with Crippen molar-refractivity contribution in [2.45, 2.75) is 0 Å². The highest BCUT2D eigenvalue weighted by molar-refractivity contribution is 6.36. The first kappa shape index (κ1) is 11.4. The Morgan fingerprint density at radius 2 is 1.80 bits per heavy atom. The van der Waals surface area contributed by atoms with Gasteiger partial charge in [-0.25, -0.2) is 9.97 Å². The van der Waals surface area contributed by atoms with Crippen LogP contribution in [0.25, 0.3) is 33.2 Å². The third kappa shape index (κ3) is 1.66. The molecule has 2 heterocycles. The van der Waals surface area contributed by atoms with Crippen LogP contribution >= 0.6 is 11.6 Å². The molecule has 0 spiro atoms. The first-order valence-corrected chi connectivity index (χ1v) is 6.54. The van der Waals surface area contributed by atoms with Crippen molar-refractivity contribution in [2.75, 3.05) is 0 Å². The molecule has 0 radical (unpaired) electrons. The van der Waals surface area contributed by atoms with E-state index >= 15 is 0 Å². The average molecular weight is 281 g/mol. The van der Waals surface area contributed by atoms with Gasteiger partial charge in [-0.3, -0.25) is 5.10 Å². The monoisotopic (exact) mass is 280 g/mol. The Bertz CT molecular complexity index is 929. The zero-order valence-corrected chi connectivity index (χ0v) is 11.1. The van der Waals surface area contributed by atoms with Gasteiger partial charge in [-0.05, 0) is 11.5 Å². The van der Waals surface area contributed by atoms with Crippen LogP contribution in [-0.4, -0.2) is 20.2 Å². The third-order valence-corrected chi connectivity index (χ3v) is 3.63. The van der Waals surface area contributed by atoms with Crippen molar-refractivity contribution in [2.24, 2.45) is 0 Å². The molecule has 2 aromatic carbocycles. The molecular formula is C15H9ClN4. The fourth-order valence-corrected chi connectivity index (χ4v) is 2.58. The van der Waals surface area contributed by atoms with E-state index in [4.69, 9.17) is 11.6 Å². The summed E-state index contributed by atoms with van der Waals surface area (Å²) in [6.07, 6.45) is 3.42. The van der Waals surface area contributed by atoms with Crippen molar-refractivity contribution in [3.8, 4) is 11.3 Å². The second-order valence-corrected chi connectivity index (χ2v) is 4.91. The lowest BCUT2D eigenvalue weighted by Gasteiger charge is -2.07. The summed E-state index contributed by atoms with van der Waals surface area (Å²) in [6, 6.07) is 11.9. The van der Waals surface area contributed by atoms with Crippen LogP contribution in [0.5, 0.6) is 0 Å². The summed E-state index contributed by atoms with van der Waals surface area (Å²) >= 11 is 6.24. The van der Waals surface area contributed by atoms with Gasteiger partial charge in [0, 0.05) is 16.0 Å². The van der Waals surface area contributed by atoms with Gasteiger partial charge >= 0.3 is 0 Å². The highest BCUT2D eigenvalue weighted by Crippen LogP contribution is 2.32. The van der Waals surface area contributed by atoms with E-state index in [-0.39, 0.29) is 0 Å². The number of hydrogen-bond acceptors (Lipinski definition) is 3. The Balaban J connectivity index is 2.04. The molecule has 0 atom stereocenters. The lowest BCUT2D eigenvalue weighted by molar-refractivity contribution is 1.10. The van der Waals surface area contributed by atoms with Gasteiger partial charge in [-0.2, -0.15) is 5.10 Å². The Hall–Kier alpha value is -2.46. The molecule has 0 aliphatic rings. The second-order valence-electron chi connectivity index (χ2n) is 4.50. The summed E-state index contributed by atoms with van der Waals surface area (Å²) in [7, 11) is 0. The predicted molar refractivity (Wildman–Crippen MR) is 79.6 cm³/mol. The number of aromatic nitrogens is 4. The van der Waals surface area contributed by atoms with E-state index in [2.05, 4.69) is 20.2 Å². The minimum Gasteiger partial charge on any atom is -0.259 e. The molecule has 4 rings (SSSR count). The zero-order valence-electron chi connectivity index (χ0n) is 10.3. The molecule has 0 fully saturated rings. The lowest BCUT2D eigenvalue weighted by Crippen LogP contribution is -1.88. The maximum atomic E-state index is 6.24. The molecule has 4 aromatic rings. The molecule has 0 aliphatic carbocycles. The summed E-state index contributed by atoms with van der Waals surface area (Å²) in [4.78, 5) is 8.92. The Morgan fingerprint density at radius 1 is 0.950 bits per heavy atom. The van der Waals surface area contributed by atoms with Crippen LogP contribution in [0.2, 0.25) is 5.02 Å². The smallest absolute Gasteiger partial charge is 0.174 e. The van der Waals surface area contributed by atoms with Gasteiger partial charge in [-0.15, -0.1) is 0 Å². The summed E-state index contributed by atoms with van der Waals surface area (Å²) in [6.45, 7) is 0. The van der Waals surface area contributed by atoms with Gasteiger partial charge in [0.15, 0.2) is 5.65 Å². The predicted octanol–water partition coefficient (Wildman–Crippen LogP) is 3.83. The normalized spacial score (nSPS) is 11.2. The van der Waals surface area contributed by atoms with Crippen LogP contribution in [0.4, 0.5) is 0 Å². The highest BCUT2D eigenvalue weighted by Gasteiger charge is 2.09. The first-order valence-electron chi connectivity index (χ1n) is 6.17. The topological polar surface area (TPSA) is 54.5 Å². The summed E-state index contributed by atoms with van der Waals surface area (Å²) in [5, 5.41) is 9.56. The third-order valence-electron chi connectivity index (χ3n) is 3.30. The molecule has 0 bridgehead atoms. The number of nitrogens with zero attached hydrogens (tertiary/aromatic N) is 3. The summed E-state index contributed by atoms with van der Waals surface area (Å²) in [5.74, 6) is 0. The number of hydrogen-bond donors (Lipinski definition) is 1. The van der Waals surface area contributed by atoms with Crippen LogP contribution in [0, 0.1) is 0 Å². The minimum absolute atomic E-state index is 0.687. The van der Waals surface area contributed by atoms with E-state index in [9.17, 15) is 0 Å². The molecule has 5 heteroatoms. The van der Waals surface area contributed by atoms with E-state index in [1.165, 1.54) is 0 Å². The first-order chi connectivity index (χ1) is 9.83. The van der Waals surface area contributed by atoms with Gasteiger partial charge in [-0.1, -0.05) is 41.9 Å². The fraction of sp³-hybridized carbons (Fsp3) is 0.